The first-order valence-electron chi connectivity index (χ1n) is 16.6. The van der Waals surface area contributed by atoms with Crippen LogP contribution in [0.5, 0.6) is 0 Å². The van der Waals surface area contributed by atoms with E-state index in [0.717, 1.165) is 61.0 Å². The van der Waals surface area contributed by atoms with Crippen molar-refractivity contribution in [1.82, 2.24) is 0 Å². The Morgan fingerprint density at radius 2 is 1.43 bits per heavy atom. The maximum Gasteiger partial charge on any atom is 0.131 e. The van der Waals surface area contributed by atoms with Gasteiger partial charge in [0.1, 0.15) is 11.6 Å². The van der Waals surface area contributed by atoms with E-state index in [0.29, 0.717) is 23.1 Å². The first-order valence-corrected chi connectivity index (χ1v) is 16.6. The van der Waals surface area contributed by atoms with E-state index in [1.165, 1.54) is 77.0 Å². The Morgan fingerprint density at radius 3 is 2.02 bits per heavy atom. The van der Waals surface area contributed by atoms with Crippen molar-refractivity contribution in [3.63, 3.8) is 0 Å². The third-order valence-corrected chi connectivity index (χ3v) is 10.3. The maximum atomic E-state index is 15.2. The molecule has 0 amide bonds. The van der Waals surface area contributed by atoms with Crippen LogP contribution in [0.2, 0.25) is 0 Å². The summed E-state index contributed by atoms with van der Waals surface area (Å²) in [7, 11) is 1.85. The summed E-state index contributed by atoms with van der Waals surface area (Å²) in [5.41, 5.74) is 3.02. The van der Waals surface area contributed by atoms with Crippen molar-refractivity contribution in [2.45, 2.75) is 135 Å². The normalized spacial score (nSPS) is 24.2. The molecule has 4 rings (SSSR count). The fourth-order valence-corrected chi connectivity index (χ4v) is 7.72. The molecule has 0 saturated heterocycles. The molecule has 0 N–H and O–H groups in total. The van der Waals surface area contributed by atoms with E-state index >= 15 is 8.78 Å². The molecule has 2 aliphatic rings. The Morgan fingerprint density at radius 1 is 0.750 bits per heavy atom. The summed E-state index contributed by atoms with van der Waals surface area (Å²) in [6.07, 6.45) is 21.1. The zero-order chi connectivity index (χ0) is 28.3. The van der Waals surface area contributed by atoms with Crippen LogP contribution in [-0.2, 0) is 11.2 Å². The van der Waals surface area contributed by atoms with E-state index in [-0.39, 0.29) is 11.6 Å². The zero-order valence-electron chi connectivity index (χ0n) is 25.5. The number of aryl methyl sites for hydroxylation is 1. The van der Waals surface area contributed by atoms with Crippen LogP contribution in [0.15, 0.2) is 36.4 Å². The van der Waals surface area contributed by atoms with Gasteiger partial charge in [-0.05, 0) is 110 Å². The highest BCUT2D eigenvalue weighted by molar-refractivity contribution is 5.65. The van der Waals surface area contributed by atoms with E-state index in [1.807, 2.05) is 31.4 Å². The van der Waals surface area contributed by atoms with E-state index in [9.17, 15) is 0 Å². The molecular formula is C37H54F2O. The standard InChI is InChI=1S/C37H54F2O/c1-4-6-7-10-27-13-18-30(19-14-27)33-24-22-32(26-36(33)39)34-23-17-29(25-35(34)38)12-9-8-11-28-15-20-31(21-16-28)37(5-2)40-3/h17,22-28,30-31,37H,4-16,18-21H2,1-3H3. The van der Waals surface area contributed by atoms with Crippen LogP contribution >= 0.6 is 0 Å². The smallest absolute Gasteiger partial charge is 0.131 e. The second-order valence-corrected chi connectivity index (χ2v) is 13.0. The minimum atomic E-state index is -0.237. The number of ether oxygens (including phenoxy) is 1. The van der Waals surface area contributed by atoms with Crippen LogP contribution < -0.4 is 0 Å². The molecule has 0 aliphatic heterocycles. The first-order chi connectivity index (χ1) is 19.5. The van der Waals surface area contributed by atoms with Crippen LogP contribution in [0.1, 0.15) is 134 Å². The molecule has 2 saturated carbocycles. The van der Waals surface area contributed by atoms with Gasteiger partial charge in [-0.3, -0.25) is 0 Å². The molecule has 0 aromatic heterocycles. The van der Waals surface area contributed by atoms with Crippen molar-refractivity contribution in [3.05, 3.63) is 59.2 Å². The predicted octanol–water partition coefficient (Wildman–Crippen LogP) is 11.4. The lowest BCUT2D eigenvalue weighted by Crippen LogP contribution is -2.26. The fourth-order valence-electron chi connectivity index (χ4n) is 7.72. The quantitative estimate of drug-likeness (QED) is 0.212. The number of rotatable bonds is 14. The van der Waals surface area contributed by atoms with Crippen molar-refractivity contribution in [2.24, 2.45) is 17.8 Å². The molecule has 2 aromatic rings. The van der Waals surface area contributed by atoms with Gasteiger partial charge in [0.25, 0.3) is 0 Å². The van der Waals surface area contributed by atoms with Gasteiger partial charge in [-0.15, -0.1) is 0 Å². The van der Waals surface area contributed by atoms with Crippen molar-refractivity contribution in [3.8, 4) is 11.1 Å². The number of hydrogen-bond donors (Lipinski definition) is 0. The lowest BCUT2D eigenvalue weighted by Gasteiger charge is -2.32. The monoisotopic (exact) mass is 552 g/mol. The highest BCUT2D eigenvalue weighted by Crippen LogP contribution is 2.40. The van der Waals surface area contributed by atoms with Crippen molar-refractivity contribution in [1.29, 1.82) is 0 Å². The van der Waals surface area contributed by atoms with Gasteiger partial charge in [0.2, 0.25) is 0 Å². The lowest BCUT2D eigenvalue weighted by molar-refractivity contribution is 0.0264. The third kappa shape index (κ3) is 8.63. The average molecular weight is 553 g/mol. The second kappa shape index (κ2) is 16.0. The molecule has 0 spiro atoms. The second-order valence-electron chi connectivity index (χ2n) is 13.0. The van der Waals surface area contributed by atoms with Crippen molar-refractivity contribution >= 4 is 0 Å². The van der Waals surface area contributed by atoms with Gasteiger partial charge >= 0.3 is 0 Å². The molecule has 1 unspecified atom stereocenters. The largest absolute Gasteiger partial charge is 0.381 e. The van der Waals surface area contributed by atoms with E-state index in [4.69, 9.17) is 4.74 Å². The Labute approximate surface area is 243 Å². The highest BCUT2D eigenvalue weighted by atomic mass is 19.1. The van der Waals surface area contributed by atoms with Crippen molar-refractivity contribution in [2.75, 3.05) is 7.11 Å². The average Bonchev–Trinajstić information content (AvgIpc) is 2.97. The van der Waals surface area contributed by atoms with Crippen LogP contribution in [-0.4, -0.2) is 13.2 Å². The maximum absolute atomic E-state index is 15.2. The van der Waals surface area contributed by atoms with Crippen LogP contribution in [0.3, 0.4) is 0 Å². The van der Waals surface area contributed by atoms with Crippen LogP contribution in [0.25, 0.3) is 11.1 Å². The fraction of sp³-hybridized carbons (Fsp3) is 0.676. The van der Waals surface area contributed by atoms with E-state index < -0.39 is 0 Å². The summed E-state index contributed by atoms with van der Waals surface area (Å²) in [5, 5.41) is 0. The molecule has 2 aliphatic carbocycles. The number of methoxy groups -OCH3 is 1. The SMILES string of the molecule is CCCCCC1CCC(c2ccc(-c3ccc(CCCCC4CCC(C(CC)OC)CC4)cc3F)cc2F)CC1. The van der Waals surface area contributed by atoms with E-state index in [2.05, 4.69) is 13.8 Å². The Bertz CT molecular complexity index is 1010. The predicted molar refractivity (Wildman–Crippen MR) is 165 cm³/mol. The zero-order valence-corrected chi connectivity index (χ0v) is 25.5. The topological polar surface area (TPSA) is 9.23 Å². The summed E-state index contributed by atoms with van der Waals surface area (Å²) in [4.78, 5) is 0. The molecular weight excluding hydrogens is 498 g/mol. The molecule has 0 heterocycles. The van der Waals surface area contributed by atoms with Gasteiger partial charge in [0, 0.05) is 12.7 Å². The van der Waals surface area contributed by atoms with Gasteiger partial charge in [-0.2, -0.15) is 0 Å². The van der Waals surface area contributed by atoms with Crippen LogP contribution in [0.4, 0.5) is 8.78 Å². The number of halogens is 2. The Balaban J connectivity index is 1.22. The number of unbranched alkanes of at least 4 members (excludes halogenated alkanes) is 3. The molecule has 2 fully saturated rings. The van der Waals surface area contributed by atoms with E-state index in [1.54, 1.807) is 12.1 Å². The molecule has 0 bridgehead atoms. The summed E-state index contributed by atoms with van der Waals surface area (Å²) in [5.74, 6) is 2.28. The summed E-state index contributed by atoms with van der Waals surface area (Å²) in [6, 6.07) is 11.0. The van der Waals surface area contributed by atoms with Gasteiger partial charge < -0.3 is 4.74 Å². The summed E-state index contributed by atoms with van der Waals surface area (Å²) >= 11 is 0. The summed E-state index contributed by atoms with van der Waals surface area (Å²) < 4.78 is 36.0. The Kier molecular flexibility index (Phi) is 12.5. The third-order valence-electron chi connectivity index (χ3n) is 10.3. The molecule has 1 atom stereocenters. The molecule has 3 heteroatoms. The number of hydrogen-bond acceptors (Lipinski definition) is 1. The first kappa shape index (κ1) is 31.2. The molecule has 2 aromatic carbocycles. The van der Waals surface area contributed by atoms with Gasteiger partial charge in [-0.25, -0.2) is 8.78 Å². The van der Waals surface area contributed by atoms with Crippen molar-refractivity contribution < 1.29 is 13.5 Å². The highest BCUT2D eigenvalue weighted by Gasteiger charge is 2.27. The summed E-state index contributed by atoms with van der Waals surface area (Å²) in [6.45, 7) is 4.48. The minimum Gasteiger partial charge on any atom is -0.381 e. The lowest BCUT2D eigenvalue weighted by atomic mass is 9.76. The van der Waals surface area contributed by atoms with Gasteiger partial charge in [0.15, 0.2) is 0 Å². The Hall–Kier alpha value is -1.74. The molecule has 222 valence electrons. The molecule has 40 heavy (non-hydrogen) atoms. The minimum absolute atomic E-state index is 0.170. The van der Waals surface area contributed by atoms with Gasteiger partial charge in [0.05, 0.1) is 6.10 Å². The molecule has 1 nitrogen and oxygen atoms in total. The van der Waals surface area contributed by atoms with Crippen LogP contribution in [0, 0.1) is 29.4 Å². The van der Waals surface area contributed by atoms with Gasteiger partial charge in [-0.1, -0.05) is 89.5 Å². The molecule has 0 radical (unpaired) electrons. The number of benzene rings is 2.